The Labute approximate surface area is 120 Å². The summed E-state index contributed by atoms with van der Waals surface area (Å²) in [4.78, 5) is 11.9. The normalized spacial score (nSPS) is 10.2. The lowest BCUT2D eigenvalue weighted by Crippen LogP contribution is -2.27. The second-order valence-corrected chi connectivity index (χ2v) is 4.64. The van der Waals surface area contributed by atoms with Crippen LogP contribution in [0.15, 0.2) is 22.7 Å². The van der Waals surface area contributed by atoms with Gasteiger partial charge in [0.2, 0.25) is 0 Å². The third kappa shape index (κ3) is 4.84. The molecule has 0 bridgehead atoms. The number of hydrogen-bond donors (Lipinski definition) is 1. The molecule has 1 N–H and O–H groups in total. The lowest BCUT2D eigenvalue weighted by Gasteiger charge is -2.08. The van der Waals surface area contributed by atoms with E-state index in [-0.39, 0.29) is 5.91 Å². The number of benzene rings is 1. The monoisotopic (exact) mass is 335 g/mol. The molecule has 0 aromatic heterocycles. The molecule has 0 atom stereocenters. The summed E-state index contributed by atoms with van der Waals surface area (Å²) < 4.78 is 11.0. The largest absolute Gasteiger partial charge is 0.497 e. The smallest absolute Gasteiger partial charge is 0.252 e. The van der Waals surface area contributed by atoms with Crippen LogP contribution in [0.2, 0.25) is 0 Å². The summed E-state index contributed by atoms with van der Waals surface area (Å²) in [5, 5.41) is 2.76. The lowest BCUT2D eigenvalue weighted by molar-refractivity contribution is 0.0922. The number of alkyl halides is 1. The van der Waals surface area contributed by atoms with Gasteiger partial charge in [-0.2, -0.15) is 0 Å². The summed E-state index contributed by atoms with van der Waals surface area (Å²) in [6.07, 6.45) is 0. The first-order valence-corrected chi connectivity index (χ1v) is 6.77. The van der Waals surface area contributed by atoms with Gasteiger partial charge in [0, 0.05) is 16.9 Å². The third-order valence-electron chi connectivity index (χ3n) is 2.17. The lowest BCUT2D eigenvalue weighted by atomic mass is 10.2. The van der Waals surface area contributed by atoms with E-state index in [1.807, 2.05) is 0 Å². The van der Waals surface area contributed by atoms with Crippen molar-refractivity contribution >= 4 is 33.4 Å². The molecule has 0 saturated carbocycles. The van der Waals surface area contributed by atoms with E-state index in [9.17, 15) is 4.79 Å². The predicted octanol–water partition coefficient (Wildman–Crippen LogP) is 2.44. The summed E-state index contributed by atoms with van der Waals surface area (Å²) in [5.41, 5.74) is 0.534. The maximum Gasteiger partial charge on any atom is 0.252 e. The molecule has 18 heavy (non-hydrogen) atoms. The van der Waals surface area contributed by atoms with E-state index in [0.717, 1.165) is 4.47 Å². The van der Waals surface area contributed by atoms with Crippen LogP contribution in [0, 0.1) is 0 Å². The molecule has 0 aliphatic carbocycles. The minimum absolute atomic E-state index is 0.171. The molecule has 1 amide bonds. The van der Waals surface area contributed by atoms with Gasteiger partial charge in [0.1, 0.15) is 5.75 Å². The molecule has 100 valence electrons. The molecule has 0 heterocycles. The minimum atomic E-state index is -0.171. The molecule has 0 radical (unpaired) electrons. The molecular weight excluding hydrogens is 321 g/mol. The number of halogens is 2. The fraction of sp³-hybridized carbons (Fsp3) is 0.417. The Balaban J connectivity index is 2.50. The fourth-order valence-corrected chi connectivity index (χ4v) is 1.83. The second-order valence-electron chi connectivity index (χ2n) is 3.40. The molecule has 0 unspecified atom stereocenters. The van der Waals surface area contributed by atoms with Crippen molar-refractivity contribution in [2.45, 2.75) is 0 Å². The fourth-order valence-electron chi connectivity index (χ4n) is 1.29. The first-order chi connectivity index (χ1) is 8.69. The van der Waals surface area contributed by atoms with Gasteiger partial charge < -0.3 is 14.8 Å². The van der Waals surface area contributed by atoms with Crippen molar-refractivity contribution < 1.29 is 14.3 Å². The Morgan fingerprint density at radius 2 is 2.22 bits per heavy atom. The number of ether oxygens (including phenoxy) is 2. The molecule has 6 heteroatoms. The van der Waals surface area contributed by atoms with Gasteiger partial charge in [0.25, 0.3) is 5.91 Å². The highest BCUT2D eigenvalue weighted by Gasteiger charge is 2.10. The summed E-state index contributed by atoms with van der Waals surface area (Å²) in [5.74, 6) is 0.923. The van der Waals surface area contributed by atoms with E-state index in [4.69, 9.17) is 21.1 Å². The van der Waals surface area contributed by atoms with Crippen LogP contribution in [0.5, 0.6) is 5.75 Å². The van der Waals surface area contributed by atoms with Gasteiger partial charge in [-0.15, -0.1) is 11.6 Å². The zero-order chi connectivity index (χ0) is 13.4. The number of carbonyl (C=O) groups is 1. The van der Waals surface area contributed by atoms with Crippen molar-refractivity contribution in [2.75, 3.05) is 32.7 Å². The van der Waals surface area contributed by atoms with E-state index in [1.54, 1.807) is 25.3 Å². The van der Waals surface area contributed by atoms with Crippen LogP contribution in [0.3, 0.4) is 0 Å². The van der Waals surface area contributed by atoms with Gasteiger partial charge in [0.05, 0.1) is 25.9 Å². The molecule has 0 saturated heterocycles. The highest BCUT2D eigenvalue weighted by Crippen LogP contribution is 2.22. The van der Waals surface area contributed by atoms with E-state index in [2.05, 4.69) is 21.2 Å². The summed E-state index contributed by atoms with van der Waals surface area (Å²) in [7, 11) is 1.56. The average Bonchev–Trinajstić information content (AvgIpc) is 2.39. The highest BCUT2D eigenvalue weighted by molar-refractivity contribution is 9.10. The van der Waals surface area contributed by atoms with Crippen molar-refractivity contribution in [3.63, 3.8) is 0 Å². The van der Waals surface area contributed by atoms with E-state index in [1.165, 1.54) is 0 Å². The van der Waals surface area contributed by atoms with Crippen LogP contribution in [0.1, 0.15) is 10.4 Å². The second kappa shape index (κ2) is 8.34. The number of hydrogen-bond acceptors (Lipinski definition) is 3. The van der Waals surface area contributed by atoms with Crippen molar-refractivity contribution in [3.8, 4) is 5.75 Å². The zero-order valence-corrected chi connectivity index (χ0v) is 12.4. The van der Waals surface area contributed by atoms with Crippen LogP contribution in [-0.4, -0.2) is 38.7 Å². The Bertz CT molecular complexity index is 401. The molecule has 0 aliphatic heterocycles. The van der Waals surface area contributed by atoms with Gasteiger partial charge in [-0.05, 0) is 34.1 Å². The van der Waals surface area contributed by atoms with Crippen molar-refractivity contribution in [2.24, 2.45) is 0 Å². The van der Waals surface area contributed by atoms with Crippen molar-refractivity contribution in [1.29, 1.82) is 0 Å². The maximum atomic E-state index is 11.9. The molecule has 0 fully saturated rings. The third-order valence-corrected chi connectivity index (χ3v) is 3.02. The van der Waals surface area contributed by atoms with Gasteiger partial charge in [-0.3, -0.25) is 4.79 Å². The Morgan fingerprint density at radius 1 is 1.44 bits per heavy atom. The van der Waals surface area contributed by atoms with Crippen LogP contribution in [0.25, 0.3) is 0 Å². The predicted molar refractivity (Wildman–Crippen MR) is 74.6 cm³/mol. The molecular formula is C12H15BrClNO3. The topological polar surface area (TPSA) is 47.6 Å². The average molecular weight is 337 g/mol. The zero-order valence-electron chi connectivity index (χ0n) is 10.0. The van der Waals surface area contributed by atoms with Gasteiger partial charge in [0.15, 0.2) is 0 Å². The number of amides is 1. The molecule has 4 nitrogen and oxygen atoms in total. The molecule has 1 aromatic carbocycles. The molecule has 1 rings (SSSR count). The number of rotatable bonds is 7. The van der Waals surface area contributed by atoms with Crippen molar-refractivity contribution in [1.82, 2.24) is 5.32 Å². The Kier molecular flexibility index (Phi) is 7.08. The number of carbonyl (C=O) groups excluding carboxylic acids is 1. The first kappa shape index (κ1) is 15.3. The summed E-state index contributed by atoms with van der Waals surface area (Å²) in [6, 6.07) is 5.24. The Morgan fingerprint density at radius 3 is 2.89 bits per heavy atom. The van der Waals surface area contributed by atoms with Crippen molar-refractivity contribution in [3.05, 3.63) is 28.2 Å². The van der Waals surface area contributed by atoms with Gasteiger partial charge in [-0.25, -0.2) is 0 Å². The van der Waals surface area contributed by atoms with E-state index < -0.39 is 0 Å². The standard InChI is InChI=1S/C12H15BrClNO3/c1-17-9-2-3-11(13)10(8-9)12(16)15-5-7-18-6-4-14/h2-3,8H,4-7H2,1H3,(H,15,16). The van der Waals surface area contributed by atoms with Crippen LogP contribution in [0.4, 0.5) is 0 Å². The van der Waals surface area contributed by atoms with Crippen LogP contribution < -0.4 is 10.1 Å². The first-order valence-electron chi connectivity index (χ1n) is 5.44. The SMILES string of the molecule is COc1ccc(Br)c(C(=O)NCCOCCCl)c1. The molecule has 1 aromatic rings. The summed E-state index contributed by atoms with van der Waals surface area (Å²) in [6.45, 7) is 1.37. The summed E-state index contributed by atoms with van der Waals surface area (Å²) >= 11 is 8.79. The molecule has 0 aliphatic rings. The number of methoxy groups -OCH3 is 1. The molecule has 0 spiro atoms. The number of nitrogens with one attached hydrogen (secondary N) is 1. The van der Waals surface area contributed by atoms with Crippen LogP contribution >= 0.6 is 27.5 Å². The minimum Gasteiger partial charge on any atom is -0.497 e. The maximum absolute atomic E-state index is 11.9. The quantitative estimate of drug-likeness (QED) is 0.614. The Hall–Kier alpha value is -0.780. The van der Waals surface area contributed by atoms with Gasteiger partial charge in [-0.1, -0.05) is 0 Å². The van der Waals surface area contributed by atoms with E-state index in [0.29, 0.717) is 37.0 Å². The van der Waals surface area contributed by atoms with Gasteiger partial charge >= 0.3 is 0 Å². The van der Waals surface area contributed by atoms with Crippen LogP contribution in [-0.2, 0) is 4.74 Å². The highest BCUT2D eigenvalue weighted by atomic mass is 79.9. The van der Waals surface area contributed by atoms with E-state index >= 15 is 0 Å².